The van der Waals surface area contributed by atoms with Crippen molar-refractivity contribution < 1.29 is 4.79 Å². The quantitative estimate of drug-likeness (QED) is 0.550. The van der Waals surface area contributed by atoms with E-state index in [4.69, 9.17) is 11.6 Å². The molecule has 3 aromatic rings. The Hall–Kier alpha value is -2.89. The topological polar surface area (TPSA) is 45.6 Å². The molecule has 1 aliphatic heterocycles. The number of aromatic nitrogens is 1. The lowest BCUT2D eigenvalue weighted by molar-refractivity contribution is -0.113. The zero-order chi connectivity index (χ0) is 18.6. The van der Waals surface area contributed by atoms with Gasteiger partial charge in [-0.15, -0.1) is 0 Å². The van der Waals surface area contributed by atoms with Gasteiger partial charge in [0.1, 0.15) is 0 Å². The Morgan fingerprint density at radius 1 is 1.00 bits per heavy atom. The molecule has 1 amide bonds. The van der Waals surface area contributed by atoms with E-state index in [1.807, 2.05) is 66.7 Å². The highest BCUT2D eigenvalue weighted by Crippen LogP contribution is 2.38. The lowest BCUT2D eigenvalue weighted by atomic mass is 10.2. The number of carbonyl (C=O) groups excluding carboxylic acids is 1. The van der Waals surface area contributed by atoms with Gasteiger partial charge in [0.25, 0.3) is 5.91 Å². The number of thioether (sulfide) groups is 1. The van der Waals surface area contributed by atoms with Crippen molar-refractivity contribution >= 4 is 51.9 Å². The first-order valence-corrected chi connectivity index (χ1v) is 9.44. The van der Waals surface area contributed by atoms with E-state index in [0.717, 1.165) is 11.3 Å². The fraction of sp³-hybridized carbons (Fsp3) is 0. The van der Waals surface area contributed by atoms with E-state index in [1.165, 1.54) is 18.0 Å². The van der Waals surface area contributed by atoms with Crippen LogP contribution >= 0.6 is 23.4 Å². The molecule has 0 N–H and O–H groups in total. The fourth-order valence-corrected chi connectivity index (χ4v) is 3.77. The first kappa shape index (κ1) is 17.5. The Bertz CT molecular complexity index is 1040. The minimum atomic E-state index is -0.112. The van der Waals surface area contributed by atoms with Gasteiger partial charge in [-0.05, 0) is 41.6 Å². The molecule has 1 saturated heterocycles. The maximum Gasteiger partial charge on any atom is 0.271 e. The minimum Gasteiger partial charge on any atom is -0.268 e. The molecule has 132 valence electrons. The van der Waals surface area contributed by atoms with Gasteiger partial charge in [-0.25, -0.2) is 4.99 Å². The maximum absolute atomic E-state index is 13.1. The SMILES string of the molecule is O=C1/C(=C/c2ccccc2)SC(=Nc2ccncc2Cl)N1c1ccccc1. The monoisotopic (exact) mass is 391 g/mol. The van der Waals surface area contributed by atoms with Crippen LogP contribution in [0, 0.1) is 0 Å². The summed E-state index contributed by atoms with van der Waals surface area (Å²) in [5.41, 5.74) is 2.30. The number of nitrogens with zero attached hydrogens (tertiary/aromatic N) is 3. The second kappa shape index (κ2) is 7.78. The third-order valence-electron chi connectivity index (χ3n) is 3.89. The lowest BCUT2D eigenvalue weighted by Crippen LogP contribution is -2.28. The number of para-hydroxylation sites is 1. The molecule has 6 heteroatoms. The lowest BCUT2D eigenvalue weighted by Gasteiger charge is -2.15. The summed E-state index contributed by atoms with van der Waals surface area (Å²) in [6.07, 6.45) is 5.04. The van der Waals surface area contributed by atoms with Crippen molar-refractivity contribution in [3.05, 3.63) is 94.6 Å². The Labute approximate surface area is 166 Å². The second-order valence-corrected chi connectivity index (χ2v) is 7.14. The van der Waals surface area contributed by atoms with Gasteiger partial charge in [0, 0.05) is 12.4 Å². The highest BCUT2D eigenvalue weighted by Gasteiger charge is 2.34. The Balaban J connectivity index is 1.79. The molecule has 4 nitrogen and oxygen atoms in total. The predicted octanol–water partition coefficient (Wildman–Crippen LogP) is 5.54. The third kappa shape index (κ3) is 3.79. The van der Waals surface area contributed by atoms with Gasteiger partial charge in [0.15, 0.2) is 5.17 Å². The number of hydrogen-bond acceptors (Lipinski definition) is 4. The van der Waals surface area contributed by atoms with Gasteiger partial charge >= 0.3 is 0 Å². The van der Waals surface area contributed by atoms with E-state index in [9.17, 15) is 4.79 Å². The average molecular weight is 392 g/mol. The van der Waals surface area contributed by atoms with Crippen LogP contribution in [0.2, 0.25) is 5.02 Å². The molecule has 1 aromatic heterocycles. The number of hydrogen-bond donors (Lipinski definition) is 0. The van der Waals surface area contributed by atoms with Crippen LogP contribution in [0.1, 0.15) is 5.56 Å². The normalized spacial score (nSPS) is 17.1. The molecule has 0 radical (unpaired) electrons. The third-order valence-corrected chi connectivity index (χ3v) is 5.15. The van der Waals surface area contributed by atoms with Gasteiger partial charge in [-0.2, -0.15) is 0 Å². The van der Waals surface area contributed by atoms with Crippen LogP contribution in [0.5, 0.6) is 0 Å². The summed E-state index contributed by atoms with van der Waals surface area (Å²) < 4.78 is 0. The number of aliphatic imine (C=N–C) groups is 1. The number of pyridine rings is 1. The van der Waals surface area contributed by atoms with Crippen molar-refractivity contribution in [3.63, 3.8) is 0 Å². The Morgan fingerprint density at radius 2 is 1.70 bits per heavy atom. The van der Waals surface area contributed by atoms with E-state index < -0.39 is 0 Å². The summed E-state index contributed by atoms with van der Waals surface area (Å²) in [7, 11) is 0. The Kier molecular flexibility index (Phi) is 5.05. The first-order chi connectivity index (χ1) is 13.2. The summed E-state index contributed by atoms with van der Waals surface area (Å²) in [6.45, 7) is 0. The molecular formula is C21H14ClN3OS. The second-order valence-electron chi connectivity index (χ2n) is 5.72. The molecule has 27 heavy (non-hydrogen) atoms. The number of benzene rings is 2. The van der Waals surface area contributed by atoms with Crippen LogP contribution in [0.25, 0.3) is 6.08 Å². The summed E-state index contributed by atoms with van der Waals surface area (Å²) >= 11 is 7.53. The van der Waals surface area contributed by atoms with Crippen LogP contribution < -0.4 is 4.90 Å². The summed E-state index contributed by atoms with van der Waals surface area (Å²) in [5, 5.41) is 0.994. The number of anilines is 1. The van der Waals surface area contributed by atoms with Gasteiger partial charge < -0.3 is 0 Å². The molecule has 0 bridgehead atoms. The molecule has 0 unspecified atom stereocenters. The standard InChI is InChI=1S/C21H14ClN3OS/c22-17-14-23-12-11-18(17)24-21-25(16-9-5-2-6-10-16)20(26)19(27-21)13-15-7-3-1-4-8-15/h1-14H/b19-13-,24-21?. The van der Waals surface area contributed by atoms with Gasteiger partial charge in [0.2, 0.25) is 0 Å². The van der Waals surface area contributed by atoms with E-state index in [2.05, 4.69) is 9.98 Å². The number of halogens is 1. The highest BCUT2D eigenvalue weighted by molar-refractivity contribution is 8.19. The van der Waals surface area contributed by atoms with Gasteiger partial charge in [-0.3, -0.25) is 14.7 Å². The zero-order valence-electron chi connectivity index (χ0n) is 14.1. The van der Waals surface area contributed by atoms with Crippen molar-refractivity contribution in [2.45, 2.75) is 0 Å². The van der Waals surface area contributed by atoms with E-state index in [1.54, 1.807) is 17.2 Å². The zero-order valence-corrected chi connectivity index (χ0v) is 15.7. The van der Waals surface area contributed by atoms with Crippen LogP contribution in [-0.2, 0) is 4.79 Å². The number of rotatable bonds is 3. The summed E-state index contributed by atoms with van der Waals surface area (Å²) in [5.74, 6) is -0.112. The maximum atomic E-state index is 13.1. The van der Waals surface area contributed by atoms with Crippen molar-refractivity contribution in [2.24, 2.45) is 4.99 Å². The average Bonchev–Trinajstić information content (AvgIpc) is 3.00. The molecule has 0 saturated carbocycles. The molecule has 0 spiro atoms. The van der Waals surface area contributed by atoms with Crippen LogP contribution in [0.3, 0.4) is 0 Å². The molecule has 0 aliphatic carbocycles. The van der Waals surface area contributed by atoms with Crippen LogP contribution in [0.4, 0.5) is 11.4 Å². The molecule has 0 atom stereocenters. The number of carbonyl (C=O) groups is 1. The summed E-state index contributed by atoms with van der Waals surface area (Å²) in [4.78, 5) is 23.9. The summed E-state index contributed by atoms with van der Waals surface area (Å²) in [6, 6.07) is 20.9. The molecule has 2 aromatic carbocycles. The molecule has 4 rings (SSSR count). The molecule has 2 heterocycles. The minimum absolute atomic E-state index is 0.112. The van der Waals surface area contributed by atoms with Crippen LogP contribution in [-0.4, -0.2) is 16.1 Å². The molecule has 1 aliphatic rings. The van der Waals surface area contributed by atoms with Gasteiger partial charge in [0.05, 0.1) is 21.3 Å². The van der Waals surface area contributed by atoms with E-state index in [0.29, 0.717) is 20.8 Å². The Morgan fingerprint density at radius 3 is 2.41 bits per heavy atom. The van der Waals surface area contributed by atoms with E-state index in [-0.39, 0.29) is 5.91 Å². The van der Waals surface area contributed by atoms with Crippen molar-refractivity contribution in [1.29, 1.82) is 0 Å². The van der Waals surface area contributed by atoms with Crippen molar-refractivity contribution in [1.82, 2.24) is 4.98 Å². The fourth-order valence-electron chi connectivity index (χ4n) is 2.62. The predicted molar refractivity (Wildman–Crippen MR) is 112 cm³/mol. The highest BCUT2D eigenvalue weighted by atomic mass is 35.5. The van der Waals surface area contributed by atoms with Gasteiger partial charge in [-0.1, -0.05) is 60.1 Å². The smallest absolute Gasteiger partial charge is 0.268 e. The molecular weight excluding hydrogens is 378 g/mol. The largest absolute Gasteiger partial charge is 0.271 e. The van der Waals surface area contributed by atoms with Crippen LogP contribution in [0.15, 0.2) is 89.0 Å². The van der Waals surface area contributed by atoms with Crippen molar-refractivity contribution in [2.75, 3.05) is 4.90 Å². The molecule has 1 fully saturated rings. The van der Waals surface area contributed by atoms with E-state index >= 15 is 0 Å². The number of amides is 1. The van der Waals surface area contributed by atoms with Crippen molar-refractivity contribution in [3.8, 4) is 0 Å². The first-order valence-electron chi connectivity index (χ1n) is 8.25. The number of amidine groups is 1.